The Morgan fingerprint density at radius 3 is 2.85 bits per heavy atom. The number of benzene rings is 1. The van der Waals surface area contributed by atoms with Crippen LogP contribution in [0.2, 0.25) is 0 Å². The van der Waals surface area contributed by atoms with Gasteiger partial charge in [-0.3, -0.25) is 4.99 Å². The molecule has 3 rings (SSSR count). The minimum Gasteiger partial charge on any atom is -0.393 e. The molecule has 5 nitrogen and oxygen atoms in total. The van der Waals surface area contributed by atoms with Gasteiger partial charge in [0.25, 0.3) is 0 Å². The van der Waals surface area contributed by atoms with Crippen molar-refractivity contribution in [3.63, 3.8) is 0 Å². The average molecular weight is 470 g/mol. The highest BCUT2D eigenvalue weighted by Crippen LogP contribution is 2.25. The summed E-state index contributed by atoms with van der Waals surface area (Å²) in [5, 5.41) is 17.9. The molecule has 0 aliphatic heterocycles. The summed E-state index contributed by atoms with van der Waals surface area (Å²) in [5.74, 6) is 1.18. The topological polar surface area (TPSA) is 61.6 Å². The van der Waals surface area contributed by atoms with Crippen molar-refractivity contribution in [2.45, 2.75) is 45.3 Å². The number of rotatable bonds is 7. The zero-order valence-corrected chi connectivity index (χ0v) is 17.9. The smallest absolute Gasteiger partial charge is 0.191 e. The van der Waals surface area contributed by atoms with Gasteiger partial charge in [0.2, 0.25) is 0 Å². The van der Waals surface area contributed by atoms with Crippen LogP contribution >= 0.6 is 24.0 Å². The van der Waals surface area contributed by atoms with Gasteiger partial charge in [-0.05, 0) is 43.7 Å². The number of guanidine groups is 1. The van der Waals surface area contributed by atoms with E-state index in [4.69, 9.17) is 0 Å². The molecule has 1 aliphatic rings. The Labute approximate surface area is 173 Å². The number of nitrogens with zero attached hydrogens (tertiary/aromatic N) is 2. The molecule has 0 bridgehead atoms. The number of hydrogen-bond donors (Lipinski definition) is 3. The number of aliphatic imine (C=N–C) groups is 1. The van der Waals surface area contributed by atoms with Crippen LogP contribution in [0.15, 0.2) is 41.5 Å². The van der Waals surface area contributed by atoms with E-state index >= 15 is 0 Å². The van der Waals surface area contributed by atoms with E-state index in [1.54, 1.807) is 0 Å². The van der Waals surface area contributed by atoms with Gasteiger partial charge in [-0.15, -0.1) is 24.0 Å². The Bertz CT molecular complexity index is 700. The standard InChI is InChI=1S/C20H30N4O.HI/c1-2-21-20(23-15-17-8-5-10-19(17)25)22-12-6-13-24-14-11-16-7-3-4-9-18(16)24;/h3-4,7,9,11,14,17,19,25H,2,5-6,8,10,12-13,15H2,1H3,(H2,21,22,23);1H. The van der Waals surface area contributed by atoms with Gasteiger partial charge in [-0.2, -0.15) is 0 Å². The molecular weight excluding hydrogens is 439 g/mol. The van der Waals surface area contributed by atoms with Crippen molar-refractivity contribution in [1.29, 1.82) is 0 Å². The third-order valence-corrected chi connectivity index (χ3v) is 5.00. The third-order valence-electron chi connectivity index (χ3n) is 5.00. The summed E-state index contributed by atoms with van der Waals surface area (Å²) >= 11 is 0. The fourth-order valence-corrected chi connectivity index (χ4v) is 3.57. The summed E-state index contributed by atoms with van der Waals surface area (Å²) in [6, 6.07) is 10.7. The molecule has 2 unspecified atom stereocenters. The summed E-state index contributed by atoms with van der Waals surface area (Å²) in [6.07, 6.45) is 6.16. The number of fused-ring (bicyclic) bond motifs is 1. The van der Waals surface area contributed by atoms with Crippen molar-refractivity contribution in [2.75, 3.05) is 19.6 Å². The summed E-state index contributed by atoms with van der Waals surface area (Å²) in [7, 11) is 0. The Balaban J connectivity index is 0.00000243. The molecule has 3 N–H and O–H groups in total. The average Bonchev–Trinajstić information content (AvgIpc) is 3.22. The Morgan fingerprint density at radius 1 is 1.23 bits per heavy atom. The first kappa shape index (κ1) is 21.0. The van der Waals surface area contributed by atoms with E-state index in [2.05, 4.69) is 63.6 Å². The first-order valence-electron chi connectivity index (χ1n) is 9.52. The van der Waals surface area contributed by atoms with Crippen LogP contribution in [0, 0.1) is 5.92 Å². The second-order valence-electron chi connectivity index (χ2n) is 6.83. The van der Waals surface area contributed by atoms with Gasteiger partial charge in [0.05, 0.1) is 6.10 Å². The van der Waals surface area contributed by atoms with Gasteiger partial charge in [-0.1, -0.05) is 24.6 Å². The molecule has 2 aromatic rings. The number of aryl methyl sites for hydroxylation is 1. The van der Waals surface area contributed by atoms with Crippen molar-refractivity contribution < 1.29 is 5.11 Å². The molecule has 0 radical (unpaired) electrons. The Hall–Kier alpha value is -1.28. The number of hydrogen-bond acceptors (Lipinski definition) is 2. The van der Waals surface area contributed by atoms with Crippen LogP contribution in [-0.4, -0.2) is 41.4 Å². The van der Waals surface area contributed by atoms with Crippen LogP contribution in [0.3, 0.4) is 0 Å². The Kier molecular flexibility index (Phi) is 8.71. The second kappa shape index (κ2) is 10.8. The lowest BCUT2D eigenvalue weighted by Gasteiger charge is -2.15. The van der Waals surface area contributed by atoms with E-state index in [0.717, 1.165) is 51.3 Å². The molecule has 1 saturated carbocycles. The molecule has 1 fully saturated rings. The number of aliphatic hydroxyl groups excluding tert-OH is 1. The van der Waals surface area contributed by atoms with Crippen LogP contribution in [0.25, 0.3) is 10.9 Å². The third kappa shape index (κ3) is 5.61. The first-order valence-corrected chi connectivity index (χ1v) is 9.52. The monoisotopic (exact) mass is 470 g/mol. The number of para-hydroxylation sites is 1. The number of aromatic nitrogens is 1. The molecule has 0 saturated heterocycles. The van der Waals surface area contributed by atoms with Crippen molar-refractivity contribution in [3.05, 3.63) is 36.5 Å². The zero-order valence-electron chi connectivity index (χ0n) is 15.5. The predicted octanol–water partition coefficient (Wildman–Crippen LogP) is 3.37. The van der Waals surface area contributed by atoms with Crippen molar-refractivity contribution >= 4 is 40.8 Å². The molecule has 1 aliphatic carbocycles. The summed E-state index contributed by atoms with van der Waals surface area (Å²) in [5.41, 5.74) is 1.29. The summed E-state index contributed by atoms with van der Waals surface area (Å²) in [4.78, 5) is 4.66. The van der Waals surface area contributed by atoms with Crippen LogP contribution < -0.4 is 10.6 Å². The van der Waals surface area contributed by atoms with Gasteiger partial charge in [0.15, 0.2) is 5.96 Å². The Morgan fingerprint density at radius 2 is 2.08 bits per heavy atom. The van der Waals surface area contributed by atoms with E-state index < -0.39 is 0 Å². The molecule has 1 heterocycles. The van der Waals surface area contributed by atoms with Crippen molar-refractivity contribution in [2.24, 2.45) is 10.9 Å². The molecule has 144 valence electrons. The van der Waals surface area contributed by atoms with Crippen molar-refractivity contribution in [3.8, 4) is 0 Å². The number of aliphatic hydroxyl groups is 1. The summed E-state index contributed by atoms with van der Waals surface area (Å²) < 4.78 is 2.30. The minimum absolute atomic E-state index is 0. The zero-order chi connectivity index (χ0) is 17.5. The van der Waals surface area contributed by atoms with Gasteiger partial charge < -0.3 is 20.3 Å². The summed E-state index contributed by atoms with van der Waals surface area (Å²) in [6.45, 7) is 5.50. The van der Waals surface area contributed by atoms with Gasteiger partial charge >= 0.3 is 0 Å². The molecule has 0 amide bonds. The van der Waals surface area contributed by atoms with E-state index in [0.29, 0.717) is 12.5 Å². The minimum atomic E-state index is -0.173. The number of nitrogens with one attached hydrogen (secondary N) is 2. The van der Waals surface area contributed by atoms with Crippen LogP contribution in [-0.2, 0) is 6.54 Å². The highest BCUT2D eigenvalue weighted by molar-refractivity contribution is 14.0. The van der Waals surface area contributed by atoms with Crippen molar-refractivity contribution in [1.82, 2.24) is 15.2 Å². The fourth-order valence-electron chi connectivity index (χ4n) is 3.57. The second-order valence-corrected chi connectivity index (χ2v) is 6.83. The molecule has 26 heavy (non-hydrogen) atoms. The fraction of sp³-hybridized carbons (Fsp3) is 0.550. The normalized spacial score (nSPS) is 20.2. The van der Waals surface area contributed by atoms with Crippen LogP contribution in [0.5, 0.6) is 0 Å². The maximum absolute atomic E-state index is 9.93. The largest absolute Gasteiger partial charge is 0.393 e. The number of halogens is 1. The highest BCUT2D eigenvalue weighted by Gasteiger charge is 2.24. The maximum Gasteiger partial charge on any atom is 0.191 e. The molecule has 6 heteroatoms. The van der Waals surface area contributed by atoms with E-state index in [-0.39, 0.29) is 30.1 Å². The molecule has 1 aromatic carbocycles. The maximum atomic E-state index is 9.93. The van der Waals surface area contributed by atoms with Crippen LogP contribution in [0.1, 0.15) is 32.6 Å². The van der Waals surface area contributed by atoms with E-state index in [1.165, 1.54) is 10.9 Å². The van der Waals surface area contributed by atoms with E-state index in [1.807, 2.05) is 0 Å². The molecule has 2 atom stereocenters. The highest BCUT2D eigenvalue weighted by atomic mass is 127. The predicted molar refractivity (Wildman–Crippen MR) is 119 cm³/mol. The lowest BCUT2D eigenvalue weighted by Crippen LogP contribution is -2.38. The lowest BCUT2D eigenvalue weighted by molar-refractivity contribution is 0.136. The van der Waals surface area contributed by atoms with Crippen LogP contribution in [0.4, 0.5) is 0 Å². The van der Waals surface area contributed by atoms with Gasteiger partial charge in [0, 0.05) is 43.8 Å². The molecule has 0 spiro atoms. The van der Waals surface area contributed by atoms with E-state index in [9.17, 15) is 5.11 Å². The first-order chi connectivity index (χ1) is 12.3. The molecule has 1 aromatic heterocycles. The lowest BCUT2D eigenvalue weighted by atomic mass is 10.1. The van der Waals surface area contributed by atoms with Gasteiger partial charge in [0.1, 0.15) is 0 Å². The quantitative estimate of drug-likeness (QED) is 0.252. The SMILES string of the molecule is CCNC(=NCC1CCCC1O)NCCCn1ccc2ccccc21.I. The molecular formula is C20H31IN4O. The van der Waals surface area contributed by atoms with Gasteiger partial charge in [-0.25, -0.2) is 0 Å².